The van der Waals surface area contributed by atoms with Gasteiger partial charge in [0.2, 0.25) is 0 Å². The average molecular weight is 620 g/mol. The van der Waals surface area contributed by atoms with Crippen LogP contribution in [-0.2, 0) is 29.1 Å². The number of aliphatic carboxylic acids is 2. The summed E-state index contributed by atoms with van der Waals surface area (Å²) in [6, 6.07) is 0. The zero-order chi connectivity index (χ0) is 27.0. The fraction of sp³-hybridized carbons (Fsp3) is 0.938. The van der Waals surface area contributed by atoms with Crippen molar-refractivity contribution in [2.45, 2.75) is 194 Å². The van der Waals surface area contributed by atoms with Crippen LogP contribution >= 0.6 is 0 Å². The Kier molecular flexibility index (Phi) is 51.0. The fourth-order valence-electron chi connectivity index (χ4n) is 4.59. The van der Waals surface area contributed by atoms with Crippen molar-refractivity contribution in [3.05, 3.63) is 0 Å². The summed E-state index contributed by atoms with van der Waals surface area (Å²) in [5, 5.41) is 17.0. The first kappa shape index (κ1) is 45.8. The van der Waals surface area contributed by atoms with Gasteiger partial charge in [0.25, 0.3) is 0 Å². The second-order valence-electron chi connectivity index (χ2n) is 10.8. The van der Waals surface area contributed by atoms with E-state index in [0.717, 1.165) is 25.7 Å². The van der Waals surface area contributed by atoms with E-state index in [0.29, 0.717) is 12.8 Å². The molecule has 0 amide bonds. The number of carboxylic acid groups (broad SMARTS) is 2. The molecule has 6 heteroatoms. The van der Waals surface area contributed by atoms with Crippen molar-refractivity contribution in [1.29, 1.82) is 0 Å². The first-order chi connectivity index (χ1) is 17.5. The maximum Gasteiger partial charge on any atom is 2.00 e. The molecular weight excluding hydrogens is 554 g/mol. The van der Waals surface area contributed by atoms with Gasteiger partial charge in [-0.3, -0.25) is 9.59 Å². The third-order valence-electron chi connectivity index (χ3n) is 6.99. The summed E-state index contributed by atoms with van der Waals surface area (Å²) < 4.78 is 0. The van der Waals surface area contributed by atoms with Gasteiger partial charge in [-0.15, -0.1) is 0 Å². The number of hydrogen-bond acceptors (Lipinski definition) is 2. The summed E-state index contributed by atoms with van der Waals surface area (Å²) in [7, 11) is 0. The topological polar surface area (TPSA) is 74.6 Å². The van der Waals surface area contributed by atoms with E-state index >= 15 is 0 Å². The van der Waals surface area contributed by atoms with E-state index in [-0.39, 0.29) is 60.1 Å². The van der Waals surface area contributed by atoms with Crippen LogP contribution in [0.15, 0.2) is 0 Å². The third-order valence-corrected chi connectivity index (χ3v) is 6.99. The van der Waals surface area contributed by atoms with Crippen molar-refractivity contribution < 1.29 is 42.1 Å². The van der Waals surface area contributed by atoms with Gasteiger partial charge in [-0.25, -0.2) is 0 Å². The van der Waals surface area contributed by atoms with Crippen LogP contribution in [0.3, 0.4) is 0 Å². The van der Waals surface area contributed by atoms with Gasteiger partial charge in [0.05, 0.1) is 0 Å². The van der Waals surface area contributed by atoms with Crippen LogP contribution in [0, 0.1) is 0 Å². The quantitative estimate of drug-likeness (QED) is 0.0674. The van der Waals surface area contributed by atoms with E-state index in [4.69, 9.17) is 10.2 Å². The van der Waals surface area contributed by atoms with Gasteiger partial charge in [0, 0.05) is 32.3 Å². The third kappa shape index (κ3) is 49.7. The number of unbranched alkanes of at least 4 members (excludes halogenated alkanes) is 24. The molecule has 0 radical (unpaired) electrons. The predicted molar refractivity (Wildman–Crippen MR) is 164 cm³/mol. The first-order valence-corrected chi connectivity index (χ1v) is 16.0. The molecule has 4 nitrogen and oxygen atoms in total. The molecule has 0 aromatic rings. The van der Waals surface area contributed by atoms with Crippen molar-refractivity contribution in [2.24, 2.45) is 0 Å². The second-order valence-corrected chi connectivity index (χ2v) is 10.8. The molecule has 0 aliphatic rings. The molecule has 0 spiro atoms. The summed E-state index contributed by atoms with van der Waals surface area (Å²) in [6.45, 7) is 4.52. The smallest absolute Gasteiger partial charge is 1.00 e. The molecule has 38 heavy (non-hydrogen) atoms. The molecule has 0 saturated heterocycles. The van der Waals surface area contributed by atoms with Crippen LogP contribution in [0.5, 0.6) is 0 Å². The second kappa shape index (κ2) is 42.3. The van der Waals surface area contributed by atoms with Gasteiger partial charge >= 0.3 is 49.7 Å². The van der Waals surface area contributed by atoms with Crippen molar-refractivity contribution in [1.82, 2.24) is 0 Å². The van der Waals surface area contributed by atoms with Crippen LogP contribution in [0.4, 0.5) is 0 Å². The molecule has 0 heterocycles. The van der Waals surface area contributed by atoms with Gasteiger partial charge in [-0.05, 0) is 12.8 Å². The van der Waals surface area contributed by atoms with Crippen LogP contribution < -0.4 is 0 Å². The van der Waals surface area contributed by atoms with Crippen LogP contribution in [-0.4, -0.2) is 59.9 Å². The standard InChI is InChI=1S/C18H36O2.C14H28O2.Ca.Zn.2H/c1-2-3-4-5-6-7-8-9-10-11-12-13-14-15-16-17-18(19)20;1-2-3-4-5-6-7-8-9-10-11-12-13-14(15)16;;;;/h2-17H2,1H3,(H,19,20);2-13H2,1H3,(H,15,16);;;;/q;;+2;;2*-1. The summed E-state index contributed by atoms with van der Waals surface area (Å²) in [4.78, 5) is 20.6. The van der Waals surface area contributed by atoms with Crippen LogP contribution in [0.1, 0.15) is 196 Å². The van der Waals surface area contributed by atoms with E-state index < -0.39 is 11.9 Å². The Balaban J connectivity index is -0.000000134. The normalized spacial score (nSPS) is 10.2. The van der Waals surface area contributed by atoms with Crippen molar-refractivity contribution in [3.63, 3.8) is 0 Å². The van der Waals surface area contributed by atoms with Gasteiger partial charge in [0.1, 0.15) is 0 Å². The Hall–Kier alpha value is 0.823. The molecule has 0 rings (SSSR count). The molecule has 2 N–H and O–H groups in total. The maximum absolute atomic E-state index is 10.3. The average Bonchev–Trinajstić information content (AvgIpc) is 2.85. The van der Waals surface area contributed by atoms with Gasteiger partial charge in [-0.2, -0.15) is 0 Å². The van der Waals surface area contributed by atoms with Crippen molar-refractivity contribution in [2.75, 3.05) is 0 Å². The molecule has 222 valence electrons. The monoisotopic (exact) mass is 618 g/mol. The summed E-state index contributed by atoms with van der Waals surface area (Å²) in [6.07, 6.45) is 34.6. The Morgan fingerprint density at radius 3 is 0.711 bits per heavy atom. The number of carboxylic acids is 2. The zero-order valence-electron chi connectivity index (χ0n) is 27.9. The van der Waals surface area contributed by atoms with E-state index in [2.05, 4.69) is 13.8 Å². The van der Waals surface area contributed by atoms with Crippen molar-refractivity contribution >= 4 is 49.7 Å². The molecule has 0 aliphatic heterocycles. The Morgan fingerprint density at radius 2 is 0.553 bits per heavy atom. The largest absolute Gasteiger partial charge is 2.00 e. The predicted octanol–water partition coefficient (Wildman–Crippen LogP) is 10.9. The van der Waals surface area contributed by atoms with Gasteiger partial charge in [-0.1, -0.05) is 168 Å². The number of carbonyl (C=O) groups is 2. The van der Waals surface area contributed by atoms with Crippen molar-refractivity contribution in [3.8, 4) is 0 Å². The Bertz CT molecular complexity index is 461. The molecule has 0 aromatic heterocycles. The fourth-order valence-corrected chi connectivity index (χ4v) is 4.59. The SMILES string of the molecule is CCCCCCCCCCCCCC(=O)O.CCCCCCCCCCCCCCCCCC(=O)O.[Ca+2].[H-].[H-].[Zn]. The minimum atomic E-state index is -0.657. The minimum Gasteiger partial charge on any atom is -1.00 e. The van der Waals surface area contributed by atoms with Gasteiger partial charge < -0.3 is 13.1 Å². The maximum atomic E-state index is 10.3. The summed E-state index contributed by atoms with van der Waals surface area (Å²) in [5.74, 6) is -1.31. The van der Waals surface area contributed by atoms with Gasteiger partial charge in [0.15, 0.2) is 0 Å². The first-order valence-electron chi connectivity index (χ1n) is 16.0. The van der Waals surface area contributed by atoms with E-state index in [1.165, 1.54) is 141 Å². The van der Waals surface area contributed by atoms with E-state index in [1.807, 2.05) is 0 Å². The molecule has 0 bridgehead atoms. The summed E-state index contributed by atoms with van der Waals surface area (Å²) >= 11 is 0. The molecule has 0 fully saturated rings. The summed E-state index contributed by atoms with van der Waals surface area (Å²) in [5.41, 5.74) is 0. The molecule has 0 saturated carbocycles. The van der Waals surface area contributed by atoms with E-state index in [9.17, 15) is 9.59 Å². The molecule has 0 atom stereocenters. The molecule has 0 aliphatic carbocycles. The molecule has 0 unspecified atom stereocenters. The Labute approximate surface area is 283 Å². The van der Waals surface area contributed by atoms with Crippen LogP contribution in [0.25, 0.3) is 0 Å². The molecule has 0 aromatic carbocycles. The number of rotatable bonds is 28. The molecular formula is C32H66CaO4Zn. The van der Waals surface area contributed by atoms with E-state index in [1.54, 1.807) is 0 Å². The number of hydrogen-bond donors (Lipinski definition) is 2. The zero-order valence-corrected chi connectivity index (χ0v) is 31.1. The van der Waals surface area contributed by atoms with Crippen LogP contribution in [0.2, 0.25) is 0 Å². The Morgan fingerprint density at radius 1 is 0.395 bits per heavy atom. The minimum absolute atomic E-state index is 0.